The Morgan fingerprint density at radius 1 is 1.28 bits per heavy atom. The van der Waals surface area contributed by atoms with Crippen LogP contribution in [0.15, 0.2) is 35.0 Å². The van der Waals surface area contributed by atoms with E-state index in [0.29, 0.717) is 18.9 Å². The molecular formula is C14H16FNOS. The van der Waals surface area contributed by atoms with Crippen LogP contribution in [0.1, 0.15) is 18.1 Å². The van der Waals surface area contributed by atoms with Gasteiger partial charge in [-0.2, -0.15) is 11.3 Å². The third kappa shape index (κ3) is 3.55. The van der Waals surface area contributed by atoms with Crippen LogP contribution in [-0.2, 0) is 13.2 Å². The summed E-state index contributed by atoms with van der Waals surface area (Å²) in [4.78, 5) is 0. The first-order chi connectivity index (χ1) is 8.79. The van der Waals surface area contributed by atoms with Gasteiger partial charge in [0.25, 0.3) is 0 Å². The van der Waals surface area contributed by atoms with Gasteiger partial charge in [-0.3, -0.25) is 0 Å². The van der Waals surface area contributed by atoms with Gasteiger partial charge >= 0.3 is 0 Å². The molecule has 0 saturated heterocycles. The van der Waals surface area contributed by atoms with E-state index in [1.807, 2.05) is 29.8 Å². The molecule has 1 aromatic heterocycles. The first-order valence-corrected chi connectivity index (χ1v) is 6.87. The van der Waals surface area contributed by atoms with Gasteiger partial charge in [0.1, 0.15) is 6.61 Å². The minimum absolute atomic E-state index is 0.305. The molecule has 0 saturated carbocycles. The van der Waals surface area contributed by atoms with Crippen molar-refractivity contribution in [2.45, 2.75) is 20.1 Å². The van der Waals surface area contributed by atoms with Crippen LogP contribution < -0.4 is 10.1 Å². The van der Waals surface area contributed by atoms with Crippen molar-refractivity contribution in [1.29, 1.82) is 0 Å². The quantitative estimate of drug-likeness (QED) is 0.862. The van der Waals surface area contributed by atoms with E-state index in [9.17, 15) is 4.39 Å². The second kappa shape index (κ2) is 6.52. The topological polar surface area (TPSA) is 21.3 Å². The zero-order valence-electron chi connectivity index (χ0n) is 10.3. The van der Waals surface area contributed by atoms with E-state index in [1.165, 1.54) is 6.07 Å². The molecule has 0 aliphatic heterocycles. The van der Waals surface area contributed by atoms with E-state index in [-0.39, 0.29) is 5.82 Å². The third-order valence-corrected chi connectivity index (χ3v) is 3.28. The molecule has 0 aliphatic carbocycles. The van der Waals surface area contributed by atoms with Gasteiger partial charge in [0.15, 0.2) is 11.6 Å². The third-order valence-electron chi connectivity index (χ3n) is 2.55. The molecule has 2 aromatic rings. The molecule has 0 fully saturated rings. The summed E-state index contributed by atoms with van der Waals surface area (Å²) in [6, 6.07) is 7.07. The number of ether oxygens (including phenoxy) is 1. The standard InChI is InChI=1S/C14H16FNOS/c1-2-16-8-11-3-4-14(13(15)7-11)17-9-12-5-6-18-10-12/h3-7,10,16H,2,8-9H2,1H3. The maximum Gasteiger partial charge on any atom is 0.165 e. The van der Waals surface area contributed by atoms with Crippen molar-refractivity contribution in [2.75, 3.05) is 6.54 Å². The largest absolute Gasteiger partial charge is 0.486 e. The lowest BCUT2D eigenvalue weighted by Gasteiger charge is -2.08. The SMILES string of the molecule is CCNCc1ccc(OCc2ccsc2)c(F)c1. The van der Waals surface area contributed by atoms with E-state index in [0.717, 1.165) is 17.7 Å². The van der Waals surface area contributed by atoms with Crippen molar-refractivity contribution in [3.63, 3.8) is 0 Å². The summed E-state index contributed by atoms with van der Waals surface area (Å²) < 4.78 is 19.2. The molecule has 4 heteroatoms. The smallest absolute Gasteiger partial charge is 0.165 e. The van der Waals surface area contributed by atoms with Crippen LogP contribution in [0.3, 0.4) is 0 Å². The molecule has 1 aromatic carbocycles. The highest BCUT2D eigenvalue weighted by molar-refractivity contribution is 7.07. The number of hydrogen-bond acceptors (Lipinski definition) is 3. The van der Waals surface area contributed by atoms with Gasteiger partial charge in [0, 0.05) is 6.54 Å². The molecule has 18 heavy (non-hydrogen) atoms. The lowest BCUT2D eigenvalue weighted by atomic mass is 10.2. The van der Waals surface area contributed by atoms with Crippen molar-refractivity contribution < 1.29 is 9.13 Å². The highest BCUT2D eigenvalue weighted by Crippen LogP contribution is 2.20. The van der Waals surface area contributed by atoms with Crippen molar-refractivity contribution in [2.24, 2.45) is 0 Å². The number of benzene rings is 1. The van der Waals surface area contributed by atoms with E-state index in [2.05, 4.69) is 5.32 Å². The van der Waals surface area contributed by atoms with Gasteiger partial charge in [-0.15, -0.1) is 0 Å². The molecule has 1 heterocycles. The van der Waals surface area contributed by atoms with Crippen molar-refractivity contribution >= 4 is 11.3 Å². The molecule has 0 aliphatic rings. The summed E-state index contributed by atoms with van der Waals surface area (Å²) in [5.41, 5.74) is 1.99. The first kappa shape index (κ1) is 13.1. The summed E-state index contributed by atoms with van der Waals surface area (Å²) in [5.74, 6) is 0.00193. The molecule has 0 radical (unpaired) electrons. The monoisotopic (exact) mass is 265 g/mol. The molecule has 0 atom stereocenters. The molecule has 96 valence electrons. The van der Waals surface area contributed by atoms with Crippen molar-refractivity contribution in [3.05, 3.63) is 52.0 Å². The second-order valence-electron chi connectivity index (χ2n) is 3.97. The maximum absolute atomic E-state index is 13.8. The molecule has 0 spiro atoms. The molecule has 1 N–H and O–H groups in total. The van der Waals surface area contributed by atoms with Crippen LogP contribution >= 0.6 is 11.3 Å². The van der Waals surface area contributed by atoms with E-state index in [1.54, 1.807) is 17.4 Å². The molecular weight excluding hydrogens is 249 g/mol. The first-order valence-electron chi connectivity index (χ1n) is 5.92. The fourth-order valence-corrected chi connectivity index (χ4v) is 2.23. The van der Waals surface area contributed by atoms with Crippen LogP contribution in [0, 0.1) is 5.82 Å². The Morgan fingerprint density at radius 2 is 2.17 bits per heavy atom. The fourth-order valence-electron chi connectivity index (χ4n) is 1.58. The van der Waals surface area contributed by atoms with Gasteiger partial charge in [-0.25, -0.2) is 4.39 Å². The lowest BCUT2D eigenvalue weighted by molar-refractivity contribution is 0.290. The van der Waals surface area contributed by atoms with Crippen LogP contribution in [-0.4, -0.2) is 6.54 Å². The predicted octanol–water partition coefficient (Wildman–Crippen LogP) is 3.58. The van der Waals surface area contributed by atoms with Crippen LogP contribution in [0.5, 0.6) is 5.75 Å². The Morgan fingerprint density at radius 3 is 2.83 bits per heavy atom. The average Bonchev–Trinajstić information content (AvgIpc) is 2.88. The number of hydrogen-bond donors (Lipinski definition) is 1. The van der Waals surface area contributed by atoms with Crippen LogP contribution in [0.4, 0.5) is 4.39 Å². The molecule has 2 rings (SSSR count). The summed E-state index contributed by atoms with van der Waals surface area (Å²) in [6.45, 7) is 3.98. The zero-order valence-corrected chi connectivity index (χ0v) is 11.1. The Balaban J connectivity index is 1.96. The average molecular weight is 265 g/mol. The van der Waals surface area contributed by atoms with Gasteiger partial charge in [0.05, 0.1) is 0 Å². The normalized spacial score (nSPS) is 10.6. The van der Waals surface area contributed by atoms with Gasteiger partial charge < -0.3 is 10.1 Å². The fraction of sp³-hybridized carbons (Fsp3) is 0.286. The summed E-state index contributed by atoms with van der Waals surface area (Å²) in [7, 11) is 0. The second-order valence-corrected chi connectivity index (χ2v) is 4.75. The Kier molecular flexibility index (Phi) is 4.73. The molecule has 0 bridgehead atoms. The minimum Gasteiger partial charge on any atom is -0.486 e. The molecule has 0 unspecified atom stereocenters. The maximum atomic E-state index is 13.8. The number of rotatable bonds is 6. The minimum atomic E-state index is -0.305. The van der Waals surface area contributed by atoms with Crippen molar-refractivity contribution in [1.82, 2.24) is 5.32 Å². The predicted molar refractivity (Wildman–Crippen MR) is 72.4 cm³/mol. The van der Waals surface area contributed by atoms with E-state index in [4.69, 9.17) is 4.74 Å². The lowest BCUT2D eigenvalue weighted by Crippen LogP contribution is -2.11. The Labute approximate surface area is 110 Å². The van der Waals surface area contributed by atoms with E-state index >= 15 is 0 Å². The Hall–Kier alpha value is -1.39. The number of nitrogens with one attached hydrogen (secondary N) is 1. The summed E-state index contributed by atoms with van der Waals surface area (Å²) in [6.07, 6.45) is 0. The van der Waals surface area contributed by atoms with Crippen molar-refractivity contribution in [3.8, 4) is 5.75 Å². The van der Waals surface area contributed by atoms with Crippen LogP contribution in [0.25, 0.3) is 0 Å². The molecule has 2 nitrogen and oxygen atoms in total. The highest BCUT2D eigenvalue weighted by Gasteiger charge is 2.05. The zero-order chi connectivity index (χ0) is 12.8. The van der Waals surface area contributed by atoms with Crippen LogP contribution in [0.2, 0.25) is 0 Å². The Bertz CT molecular complexity index is 485. The van der Waals surface area contributed by atoms with Gasteiger partial charge in [0.2, 0.25) is 0 Å². The van der Waals surface area contributed by atoms with Gasteiger partial charge in [-0.05, 0) is 46.6 Å². The number of thiophene rings is 1. The number of halogens is 1. The summed E-state index contributed by atoms with van der Waals surface area (Å²) >= 11 is 1.61. The van der Waals surface area contributed by atoms with E-state index < -0.39 is 0 Å². The van der Waals surface area contributed by atoms with Gasteiger partial charge in [-0.1, -0.05) is 13.0 Å². The highest BCUT2D eigenvalue weighted by atomic mass is 32.1. The molecule has 0 amide bonds. The summed E-state index contributed by atoms with van der Waals surface area (Å²) in [5, 5.41) is 7.14.